The van der Waals surface area contributed by atoms with Crippen LogP contribution in [0.25, 0.3) is 0 Å². The summed E-state index contributed by atoms with van der Waals surface area (Å²) in [7, 11) is 2.03. The number of aryl methyl sites for hydroxylation is 1. The van der Waals surface area contributed by atoms with Crippen molar-refractivity contribution in [2.45, 2.75) is 45.1 Å². The van der Waals surface area contributed by atoms with Crippen LogP contribution in [0.15, 0.2) is 24.3 Å². The van der Waals surface area contributed by atoms with Crippen LogP contribution in [-0.2, 0) is 11.2 Å². The van der Waals surface area contributed by atoms with Gasteiger partial charge in [0.2, 0.25) is 11.0 Å². The highest BCUT2D eigenvalue weighted by Gasteiger charge is 2.25. The molecule has 5 nitrogen and oxygen atoms in total. The van der Waals surface area contributed by atoms with Crippen molar-refractivity contribution in [3.05, 3.63) is 40.4 Å². The molecule has 1 fully saturated rings. The van der Waals surface area contributed by atoms with E-state index >= 15 is 0 Å². The molecule has 0 radical (unpaired) electrons. The number of nitrogens with one attached hydrogen (secondary N) is 1. The Labute approximate surface area is 147 Å². The fourth-order valence-corrected chi connectivity index (χ4v) is 3.92. The van der Waals surface area contributed by atoms with Crippen LogP contribution < -0.4 is 5.32 Å². The van der Waals surface area contributed by atoms with Gasteiger partial charge in [-0.3, -0.25) is 15.0 Å². The minimum Gasteiger partial charge on any atom is -0.299 e. The number of rotatable bonds is 4. The van der Waals surface area contributed by atoms with E-state index in [0.717, 1.165) is 30.8 Å². The third-order valence-electron chi connectivity index (χ3n) is 4.46. The lowest BCUT2D eigenvalue weighted by atomic mass is 10.1. The average molecular weight is 344 g/mol. The Kier molecular flexibility index (Phi) is 5.58. The van der Waals surface area contributed by atoms with Gasteiger partial charge in [0, 0.05) is 6.42 Å². The van der Waals surface area contributed by atoms with Crippen LogP contribution in [0.2, 0.25) is 0 Å². The maximum absolute atomic E-state index is 12.5. The normalized spacial score (nSPS) is 19.0. The summed E-state index contributed by atoms with van der Waals surface area (Å²) in [6.45, 7) is 3.06. The maximum Gasteiger partial charge on any atom is 0.243 e. The van der Waals surface area contributed by atoms with E-state index in [1.165, 1.54) is 35.3 Å². The van der Waals surface area contributed by atoms with Crippen LogP contribution in [0, 0.1) is 6.92 Å². The van der Waals surface area contributed by atoms with E-state index < -0.39 is 0 Å². The van der Waals surface area contributed by atoms with Crippen LogP contribution in [0.5, 0.6) is 0 Å². The number of carbonyl (C=O) groups excluding carboxylic acids is 1. The quantitative estimate of drug-likeness (QED) is 0.925. The van der Waals surface area contributed by atoms with Gasteiger partial charge in [0.05, 0.1) is 6.04 Å². The molecule has 2 aromatic rings. The highest BCUT2D eigenvalue weighted by Crippen LogP contribution is 2.21. The first kappa shape index (κ1) is 17.0. The van der Waals surface area contributed by atoms with Gasteiger partial charge >= 0.3 is 0 Å². The second-order valence-corrected chi connectivity index (χ2v) is 7.56. The monoisotopic (exact) mass is 344 g/mol. The van der Waals surface area contributed by atoms with Gasteiger partial charge in [0.1, 0.15) is 5.01 Å². The summed E-state index contributed by atoms with van der Waals surface area (Å²) in [4.78, 5) is 14.7. The van der Waals surface area contributed by atoms with Gasteiger partial charge in [0.25, 0.3) is 0 Å². The zero-order valence-corrected chi connectivity index (χ0v) is 15.1. The Morgan fingerprint density at radius 3 is 3.04 bits per heavy atom. The van der Waals surface area contributed by atoms with Crippen LogP contribution >= 0.6 is 11.3 Å². The standard InChI is InChI=1S/C18H24N4OS/c1-13-7-6-8-14(11-13)12-16-20-21-18(24-16)19-17(23)15-9-4-3-5-10-22(15)2/h6-8,11,15H,3-5,9-10,12H2,1-2H3,(H,19,21,23). The molecule has 1 aliphatic heterocycles. The second kappa shape index (κ2) is 7.85. The average Bonchev–Trinajstić information content (AvgIpc) is 2.85. The van der Waals surface area contributed by atoms with Gasteiger partial charge in [0.15, 0.2) is 0 Å². The van der Waals surface area contributed by atoms with Gasteiger partial charge in [-0.05, 0) is 38.9 Å². The molecular weight excluding hydrogens is 320 g/mol. The van der Waals surface area contributed by atoms with Crippen molar-refractivity contribution in [3.8, 4) is 0 Å². The molecule has 2 heterocycles. The van der Waals surface area contributed by atoms with Gasteiger partial charge in [-0.1, -0.05) is 54.0 Å². The zero-order valence-electron chi connectivity index (χ0n) is 14.3. The van der Waals surface area contributed by atoms with Crippen molar-refractivity contribution >= 4 is 22.4 Å². The molecule has 0 aliphatic carbocycles. The number of hydrogen-bond acceptors (Lipinski definition) is 5. The number of amides is 1. The van der Waals surface area contributed by atoms with E-state index in [1.54, 1.807) is 0 Å². The molecule has 0 spiro atoms. The number of carbonyl (C=O) groups is 1. The fraction of sp³-hybridized carbons (Fsp3) is 0.500. The highest BCUT2D eigenvalue weighted by atomic mass is 32.1. The molecule has 0 saturated carbocycles. The van der Waals surface area contributed by atoms with E-state index in [0.29, 0.717) is 5.13 Å². The first-order chi connectivity index (χ1) is 11.6. The summed E-state index contributed by atoms with van der Waals surface area (Å²) >= 11 is 1.46. The fourth-order valence-electron chi connectivity index (χ4n) is 3.14. The molecule has 6 heteroatoms. The Morgan fingerprint density at radius 2 is 2.21 bits per heavy atom. The Balaban J connectivity index is 1.62. The van der Waals surface area contributed by atoms with E-state index in [2.05, 4.69) is 51.6 Å². The predicted octanol–water partition coefficient (Wildman–Crippen LogP) is 3.25. The van der Waals surface area contributed by atoms with Gasteiger partial charge in [-0.15, -0.1) is 10.2 Å². The van der Waals surface area contributed by atoms with Gasteiger partial charge in [-0.2, -0.15) is 0 Å². The van der Waals surface area contributed by atoms with Crippen LogP contribution in [-0.4, -0.2) is 40.6 Å². The summed E-state index contributed by atoms with van der Waals surface area (Å²) in [6.07, 6.45) is 5.14. The third-order valence-corrected chi connectivity index (χ3v) is 5.30. The number of nitrogens with zero attached hydrogens (tertiary/aromatic N) is 3. The SMILES string of the molecule is Cc1cccc(Cc2nnc(NC(=O)C3CCCCCN3C)s2)c1. The molecule has 1 N–H and O–H groups in total. The predicted molar refractivity (Wildman–Crippen MR) is 97.4 cm³/mol. The lowest BCUT2D eigenvalue weighted by molar-refractivity contribution is -0.120. The first-order valence-electron chi connectivity index (χ1n) is 8.51. The molecule has 3 rings (SSSR count). The smallest absolute Gasteiger partial charge is 0.243 e. The summed E-state index contributed by atoms with van der Waals surface area (Å²) in [5.41, 5.74) is 2.45. The lowest BCUT2D eigenvalue weighted by Gasteiger charge is -2.23. The molecule has 1 saturated heterocycles. The molecule has 1 atom stereocenters. The third kappa shape index (κ3) is 4.39. The summed E-state index contributed by atoms with van der Waals surface area (Å²) in [5.74, 6) is 0.0395. The van der Waals surface area contributed by atoms with Crippen molar-refractivity contribution in [1.29, 1.82) is 0 Å². The largest absolute Gasteiger partial charge is 0.299 e. The number of benzene rings is 1. The van der Waals surface area contributed by atoms with Crippen molar-refractivity contribution in [1.82, 2.24) is 15.1 Å². The van der Waals surface area contributed by atoms with Crippen LogP contribution in [0.4, 0.5) is 5.13 Å². The Hall–Kier alpha value is -1.79. The van der Waals surface area contributed by atoms with E-state index in [4.69, 9.17) is 0 Å². The molecule has 128 valence electrons. The maximum atomic E-state index is 12.5. The molecule has 24 heavy (non-hydrogen) atoms. The molecule has 1 amide bonds. The van der Waals surface area contributed by atoms with Crippen molar-refractivity contribution < 1.29 is 4.79 Å². The molecule has 1 aromatic carbocycles. The number of aromatic nitrogens is 2. The number of likely N-dealkylation sites (tertiary alicyclic amines) is 1. The topological polar surface area (TPSA) is 58.1 Å². The summed E-state index contributed by atoms with van der Waals surface area (Å²) in [6, 6.07) is 8.32. The van der Waals surface area contributed by atoms with Crippen molar-refractivity contribution in [2.75, 3.05) is 18.9 Å². The van der Waals surface area contributed by atoms with E-state index in [-0.39, 0.29) is 11.9 Å². The number of likely N-dealkylation sites (N-methyl/N-ethyl adjacent to an activating group) is 1. The minimum absolute atomic E-state index is 0.0395. The van der Waals surface area contributed by atoms with Crippen LogP contribution in [0.3, 0.4) is 0 Å². The Morgan fingerprint density at radius 1 is 1.33 bits per heavy atom. The molecule has 0 bridgehead atoms. The second-order valence-electron chi connectivity index (χ2n) is 6.50. The Bertz CT molecular complexity index is 700. The van der Waals surface area contributed by atoms with Gasteiger partial charge in [-0.25, -0.2) is 0 Å². The number of hydrogen-bond donors (Lipinski definition) is 1. The lowest BCUT2D eigenvalue weighted by Crippen LogP contribution is -2.41. The molecule has 1 unspecified atom stereocenters. The summed E-state index contributed by atoms with van der Waals surface area (Å²) < 4.78 is 0. The van der Waals surface area contributed by atoms with Crippen molar-refractivity contribution in [3.63, 3.8) is 0 Å². The van der Waals surface area contributed by atoms with Gasteiger partial charge < -0.3 is 0 Å². The van der Waals surface area contributed by atoms with E-state index in [1.807, 2.05) is 7.05 Å². The zero-order chi connectivity index (χ0) is 16.9. The highest BCUT2D eigenvalue weighted by molar-refractivity contribution is 7.15. The number of anilines is 1. The molecule has 1 aliphatic rings. The molecular formula is C18H24N4OS. The first-order valence-corrected chi connectivity index (χ1v) is 9.32. The molecule has 1 aromatic heterocycles. The minimum atomic E-state index is -0.0587. The summed E-state index contributed by atoms with van der Waals surface area (Å²) in [5, 5.41) is 12.8. The van der Waals surface area contributed by atoms with E-state index in [9.17, 15) is 4.79 Å². The van der Waals surface area contributed by atoms with Crippen LogP contribution in [0.1, 0.15) is 41.8 Å². The van der Waals surface area contributed by atoms with Crippen molar-refractivity contribution in [2.24, 2.45) is 0 Å².